The first-order valence-electron chi connectivity index (χ1n) is 12.0. The van der Waals surface area contributed by atoms with E-state index >= 15 is 0 Å². The number of rotatable bonds is 11. The van der Waals surface area contributed by atoms with Gasteiger partial charge in [-0.1, -0.05) is 42.5 Å². The van der Waals surface area contributed by atoms with E-state index in [4.69, 9.17) is 4.74 Å². The van der Waals surface area contributed by atoms with E-state index in [0.29, 0.717) is 33.5 Å². The normalized spacial score (nSPS) is 11.9. The van der Waals surface area contributed by atoms with Crippen LogP contribution in [0.1, 0.15) is 38.3 Å². The topological polar surface area (TPSA) is 98.1 Å². The number of nitrogens with one attached hydrogen (secondary N) is 2. The van der Waals surface area contributed by atoms with E-state index in [2.05, 4.69) is 20.7 Å². The third kappa shape index (κ3) is 8.34. The van der Waals surface area contributed by atoms with Gasteiger partial charge in [0.2, 0.25) is 0 Å². The van der Waals surface area contributed by atoms with Gasteiger partial charge >= 0.3 is 0 Å². The number of aromatic nitrogens is 3. The minimum absolute atomic E-state index is 0.175. The van der Waals surface area contributed by atoms with E-state index in [1.54, 1.807) is 48.7 Å². The zero-order valence-corrected chi connectivity index (χ0v) is 21.9. The lowest BCUT2D eigenvalue weighted by Crippen LogP contribution is -2.21. The van der Waals surface area contributed by atoms with Crippen LogP contribution in [0.3, 0.4) is 0 Å². The van der Waals surface area contributed by atoms with Crippen LogP contribution in [0.4, 0.5) is 10.1 Å². The van der Waals surface area contributed by atoms with Gasteiger partial charge in [0.1, 0.15) is 25.0 Å². The highest BCUT2D eigenvalue weighted by molar-refractivity contribution is 7.16. The Balaban J connectivity index is 1.41. The molecular formula is C29H26FN5O3S. The summed E-state index contributed by atoms with van der Waals surface area (Å²) >= 11 is 1.05. The molecule has 0 atom stereocenters. The van der Waals surface area contributed by atoms with E-state index in [9.17, 15) is 14.0 Å². The number of halogens is 1. The fourth-order valence-corrected chi connectivity index (χ4v) is 4.15. The summed E-state index contributed by atoms with van der Waals surface area (Å²) in [4.78, 5) is 30.4. The van der Waals surface area contributed by atoms with Crippen molar-refractivity contribution in [2.75, 3.05) is 5.32 Å². The lowest BCUT2D eigenvalue weighted by atomic mass is 10.2. The van der Waals surface area contributed by atoms with Crippen molar-refractivity contribution >= 4 is 35.0 Å². The predicted octanol–water partition coefficient (Wildman–Crippen LogP) is 6.22. The molecule has 2 aromatic heterocycles. The number of allylic oxidation sites excluding steroid dienone is 4. The Morgan fingerprint density at radius 3 is 2.51 bits per heavy atom. The molecule has 0 fully saturated rings. The third-order valence-electron chi connectivity index (χ3n) is 5.28. The number of para-hydroxylation sites is 2. The summed E-state index contributed by atoms with van der Waals surface area (Å²) in [5.74, 6) is -0.596. The first-order valence-corrected chi connectivity index (χ1v) is 12.8. The van der Waals surface area contributed by atoms with Gasteiger partial charge in [-0.15, -0.1) is 11.3 Å². The number of thiophene rings is 1. The van der Waals surface area contributed by atoms with Gasteiger partial charge in [-0.05, 0) is 55.0 Å². The van der Waals surface area contributed by atoms with Crippen molar-refractivity contribution in [1.82, 2.24) is 20.1 Å². The molecule has 2 heterocycles. The summed E-state index contributed by atoms with van der Waals surface area (Å²) in [5.41, 5.74) is 2.00. The molecular weight excluding hydrogens is 517 g/mol. The monoisotopic (exact) mass is 543 g/mol. The Hall–Kier alpha value is -4.83. The number of hydrogen-bond acceptors (Lipinski definition) is 6. The van der Waals surface area contributed by atoms with Crippen LogP contribution in [0.25, 0.3) is 6.20 Å². The van der Waals surface area contributed by atoms with Crippen LogP contribution < -0.4 is 15.4 Å². The number of carbonyl (C=O) groups excluding carboxylic acids is 2. The minimum Gasteiger partial charge on any atom is -0.487 e. The maximum atomic E-state index is 13.3. The SMILES string of the molecule is C/C(F)=C\C/C(=C\C=C\n1cncn1)NC(=O)c1ccc(C(=O)Nc2ccccc2OCc2ccccc2)s1. The summed E-state index contributed by atoms with van der Waals surface area (Å²) in [5, 5.41) is 9.61. The lowest BCUT2D eigenvalue weighted by Gasteiger charge is -2.12. The van der Waals surface area contributed by atoms with Crippen molar-refractivity contribution in [2.24, 2.45) is 0 Å². The molecule has 8 nitrogen and oxygen atoms in total. The van der Waals surface area contributed by atoms with Gasteiger partial charge in [-0.25, -0.2) is 14.1 Å². The van der Waals surface area contributed by atoms with Crippen molar-refractivity contribution in [3.8, 4) is 5.75 Å². The number of anilines is 1. The smallest absolute Gasteiger partial charge is 0.265 e. The van der Waals surface area contributed by atoms with E-state index in [-0.39, 0.29) is 18.2 Å². The first-order chi connectivity index (χ1) is 19.0. The molecule has 2 aromatic carbocycles. The summed E-state index contributed by atoms with van der Waals surface area (Å²) < 4.78 is 20.7. The predicted molar refractivity (Wildman–Crippen MR) is 150 cm³/mol. The van der Waals surface area contributed by atoms with Crippen LogP contribution in [0.2, 0.25) is 0 Å². The molecule has 10 heteroatoms. The fraction of sp³-hybridized carbons (Fsp3) is 0.103. The van der Waals surface area contributed by atoms with Crippen molar-refractivity contribution in [3.63, 3.8) is 0 Å². The Labute approximate surface area is 229 Å². The molecule has 2 amide bonds. The van der Waals surface area contributed by atoms with Gasteiger partial charge in [0.15, 0.2) is 0 Å². The van der Waals surface area contributed by atoms with Gasteiger partial charge in [-0.3, -0.25) is 9.59 Å². The third-order valence-corrected chi connectivity index (χ3v) is 6.36. The van der Waals surface area contributed by atoms with E-state index in [1.165, 1.54) is 30.3 Å². The second kappa shape index (κ2) is 13.6. The van der Waals surface area contributed by atoms with Crippen LogP contribution in [0, 0.1) is 0 Å². The number of nitrogens with zero attached hydrogens (tertiary/aromatic N) is 3. The molecule has 4 aromatic rings. The van der Waals surface area contributed by atoms with Gasteiger partial charge < -0.3 is 15.4 Å². The minimum atomic E-state index is -0.407. The fourth-order valence-electron chi connectivity index (χ4n) is 3.36. The number of ether oxygens (including phenoxy) is 1. The highest BCUT2D eigenvalue weighted by Crippen LogP contribution is 2.26. The van der Waals surface area contributed by atoms with Gasteiger partial charge in [-0.2, -0.15) is 5.10 Å². The lowest BCUT2D eigenvalue weighted by molar-refractivity contribution is 0.0968. The van der Waals surface area contributed by atoms with Crippen LogP contribution >= 0.6 is 11.3 Å². The molecule has 0 aliphatic carbocycles. The Morgan fingerprint density at radius 1 is 1.03 bits per heavy atom. The van der Waals surface area contributed by atoms with Crippen LogP contribution in [-0.4, -0.2) is 26.6 Å². The zero-order valence-electron chi connectivity index (χ0n) is 21.1. The standard InChI is InChI=1S/C29H26FN5O3S/c1-21(30)13-14-23(10-7-17-35-20-31-19-32-35)33-28(36)26-15-16-27(39-26)29(37)34-24-11-5-6-12-25(24)38-18-22-8-3-2-4-9-22/h2-13,15-17,19-20H,14,18H2,1H3,(H,33,36)(H,34,37)/b17-7+,21-13+,23-10+. The van der Waals surface area contributed by atoms with Gasteiger partial charge in [0, 0.05) is 18.3 Å². The summed E-state index contributed by atoms with van der Waals surface area (Å²) in [6.07, 6.45) is 9.39. The number of carbonyl (C=O) groups is 2. The van der Waals surface area contributed by atoms with Crippen molar-refractivity contribution in [2.45, 2.75) is 20.0 Å². The number of hydrogen-bond donors (Lipinski definition) is 2. The summed E-state index contributed by atoms with van der Waals surface area (Å²) in [6.45, 7) is 1.69. The molecule has 2 N–H and O–H groups in total. The molecule has 0 unspecified atom stereocenters. The molecule has 0 saturated carbocycles. The molecule has 0 bridgehead atoms. The molecule has 0 aliphatic heterocycles. The van der Waals surface area contributed by atoms with Crippen molar-refractivity contribution in [1.29, 1.82) is 0 Å². The molecule has 0 radical (unpaired) electrons. The van der Waals surface area contributed by atoms with Crippen LogP contribution in [0.15, 0.2) is 109 Å². The van der Waals surface area contributed by atoms with Crippen LogP contribution in [-0.2, 0) is 6.61 Å². The maximum absolute atomic E-state index is 13.3. The van der Waals surface area contributed by atoms with E-state index in [1.807, 2.05) is 36.4 Å². The van der Waals surface area contributed by atoms with Gasteiger partial charge in [0.05, 0.1) is 21.3 Å². The highest BCUT2D eigenvalue weighted by Gasteiger charge is 2.16. The Kier molecular flexibility index (Phi) is 9.52. The van der Waals surface area contributed by atoms with E-state index < -0.39 is 5.91 Å². The van der Waals surface area contributed by atoms with Gasteiger partial charge in [0.25, 0.3) is 11.8 Å². The second-order valence-electron chi connectivity index (χ2n) is 8.25. The molecule has 0 saturated heterocycles. The summed E-state index contributed by atoms with van der Waals surface area (Å²) in [7, 11) is 0. The number of amides is 2. The average molecular weight is 544 g/mol. The molecule has 0 aliphatic rings. The van der Waals surface area contributed by atoms with E-state index in [0.717, 1.165) is 16.9 Å². The zero-order chi connectivity index (χ0) is 27.5. The van der Waals surface area contributed by atoms with Crippen molar-refractivity contribution < 1.29 is 18.7 Å². The Bertz CT molecular complexity index is 1490. The molecule has 39 heavy (non-hydrogen) atoms. The molecule has 4 rings (SSSR count). The van der Waals surface area contributed by atoms with Crippen LogP contribution in [0.5, 0.6) is 5.75 Å². The second-order valence-corrected chi connectivity index (χ2v) is 9.33. The summed E-state index contributed by atoms with van der Waals surface area (Å²) in [6, 6.07) is 20.1. The largest absolute Gasteiger partial charge is 0.487 e. The van der Waals surface area contributed by atoms with Crippen molar-refractivity contribution in [3.05, 3.63) is 124 Å². The first kappa shape index (κ1) is 27.2. The highest BCUT2D eigenvalue weighted by atomic mass is 32.1. The maximum Gasteiger partial charge on any atom is 0.265 e. The molecule has 0 spiro atoms. The Morgan fingerprint density at radius 2 is 1.77 bits per heavy atom. The average Bonchev–Trinajstić information content (AvgIpc) is 3.65. The quantitative estimate of drug-likeness (QED) is 0.219. The number of benzene rings is 2. The molecule has 198 valence electrons.